The smallest absolute Gasteiger partial charge is 0.101 e. The quantitative estimate of drug-likeness (QED) is 0.676. The molecule has 3 heteroatoms. The van der Waals surface area contributed by atoms with E-state index in [9.17, 15) is 5.11 Å². The van der Waals surface area contributed by atoms with Gasteiger partial charge in [-0.3, -0.25) is 0 Å². The summed E-state index contributed by atoms with van der Waals surface area (Å²) in [6.45, 7) is 0. The predicted molar refractivity (Wildman–Crippen MR) is 82.6 cm³/mol. The molecule has 1 aromatic carbocycles. The maximum Gasteiger partial charge on any atom is 0.101 e. The van der Waals surface area contributed by atoms with Gasteiger partial charge in [0.1, 0.15) is 6.10 Å². The van der Waals surface area contributed by atoms with Crippen LogP contribution in [-0.4, -0.2) is 5.11 Å². The maximum atomic E-state index is 10.5. The predicted octanol–water partition coefficient (Wildman–Crippen LogP) is 5.53. The molecule has 0 fully saturated rings. The van der Waals surface area contributed by atoms with Gasteiger partial charge in [0.05, 0.1) is 0 Å². The Kier molecular flexibility index (Phi) is 5.46. The molecule has 0 aliphatic heterocycles. The van der Waals surface area contributed by atoms with Crippen LogP contribution in [0.15, 0.2) is 38.8 Å². The van der Waals surface area contributed by atoms with Gasteiger partial charge in [0.25, 0.3) is 0 Å². The second kappa shape index (κ2) is 6.88. The van der Waals surface area contributed by atoms with E-state index in [-0.39, 0.29) is 0 Å². The lowest BCUT2D eigenvalue weighted by Gasteiger charge is -2.19. The average Bonchev–Trinajstić information content (AvgIpc) is 2.27. The van der Waals surface area contributed by atoms with Gasteiger partial charge < -0.3 is 5.11 Å². The van der Waals surface area contributed by atoms with Gasteiger partial charge in [0.15, 0.2) is 0 Å². The number of benzene rings is 1. The third-order valence-corrected chi connectivity index (χ3v) is 4.61. The molecule has 0 saturated heterocycles. The average molecular weight is 374 g/mol. The molecule has 0 heterocycles. The fourth-order valence-electron chi connectivity index (χ4n) is 2.39. The van der Waals surface area contributed by atoms with Crippen LogP contribution in [0.2, 0.25) is 0 Å². The van der Waals surface area contributed by atoms with Crippen LogP contribution in [0.3, 0.4) is 0 Å². The lowest BCUT2D eigenvalue weighted by atomic mass is 9.93. The van der Waals surface area contributed by atoms with Crippen molar-refractivity contribution in [1.29, 1.82) is 0 Å². The molecule has 1 aromatic rings. The van der Waals surface area contributed by atoms with Crippen molar-refractivity contribution < 1.29 is 5.11 Å². The second-order valence-electron chi connectivity index (χ2n) is 4.80. The number of rotatable bonds is 2. The highest BCUT2D eigenvalue weighted by Crippen LogP contribution is 2.33. The molecule has 0 spiro atoms. The minimum Gasteiger partial charge on any atom is -0.384 e. The zero-order valence-electron chi connectivity index (χ0n) is 10.3. The molecule has 18 heavy (non-hydrogen) atoms. The van der Waals surface area contributed by atoms with E-state index in [4.69, 9.17) is 0 Å². The van der Waals surface area contributed by atoms with Crippen molar-refractivity contribution in [2.75, 3.05) is 0 Å². The molecule has 0 radical (unpaired) electrons. The highest BCUT2D eigenvalue weighted by atomic mass is 79.9. The van der Waals surface area contributed by atoms with Crippen molar-refractivity contribution in [3.05, 3.63) is 44.4 Å². The molecule has 2 rings (SSSR count). The second-order valence-corrected chi connectivity index (χ2v) is 6.57. The molecule has 0 aromatic heterocycles. The maximum absolute atomic E-state index is 10.5. The molecule has 0 bridgehead atoms. The summed E-state index contributed by atoms with van der Waals surface area (Å²) in [6, 6.07) is 5.95. The van der Waals surface area contributed by atoms with Crippen LogP contribution in [0, 0.1) is 0 Å². The number of aliphatic hydroxyl groups is 1. The summed E-state index contributed by atoms with van der Waals surface area (Å²) in [5.74, 6) is 0. The Morgan fingerprint density at radius 1 is 1.06 bits per heavy atom. The SMILES string of the molecule is OC(/C1=C/CCCCCC1)c1ccc(Br)cc1Br. The highest BCUT2D eigenvalue weighted by molar-refractivity contribution is 9.11. The zero-order valence-corrected chi connectivity index (χ0v) is 13.5. The van der Waals surface area contributed by atoms with Crippen LogP contribution in [0.5, 0.6) is 0 Å². The third-order valence-electron chi connectivity index (χ3n) is 3.43. The molecule has 1 aliphatic rings. The summed E-state index contributed by atoms with van der Waals surface area (Å²) in [4.78, 5) is 0. The van der Waals surface area contributed by atoms with E-state index in [1.54, 1.807) is 0 Å². The molecule has 1 unspecified atom stereocenters. The normalized spacial score (nSPS) is 21.6. The third kappa shape index (κ3) is 3.69. The number of hydrogen-bond donors (Lipinski definition) is 1. The molecule has 98 valence electrons. The van der Waals surface area contributed by atoms with Gasteiger partial charge in [-0.25, -0.2) is 0 Å². The summed E-state index contributed by atoms with van der Waals surface area (Å²) in [5, 5.41) is 10.5. The number of halogens is 2. The minimum absolute atomic E-state index is 0.467. The van der Waals surface area contributed by atoms with Crippen LogP contribution in [-0.2, 0) is 0 Å². The van der Waals surface area contributed by atoms with Crippen molar-refractivity contribution in [3.8, 4) is 0 Å². The van der Waals surface area contributed by atoms with E-state index in [2.05, 4.69) is 37.9 Å². The first-order valence-corrected chi connectivity index (χ1v) is 8.09. The molecule has 0 saturated carbocycles. The monoisotopic (exact) mass is 372 g/mol. The van der Waals surface area contributed by atoms with Gasteiger partial charge in [0.2, 0.25) is 0 Å². The summed E-state index contributed by atoms with van der Waals surface area (Å²) in [6.07, 6.45) is 8.93. The van der Waals surface area contributed by atoms with Crippen LogP contribution in [0.1, 0.15) is 50.2 Å². The van der Waals surface area contributed by atoms with E-state index in [1.807, 2.05) is 18.2 Å². The number of hydrogen-bond acceptors (Lipinski definition) is 1. The molecule has 0 amide bonds. The van der Waals surface area contributed by atoms with E-state index >= 15 is 0 Å². The first-order chi connectivity index (χ1) is 8.68. The molecule has 1 aliphatic carbocycles. The number of allylic oxidation sites excluding steroid dienone is 1. The zero-order chi connectivity index (χ0) is 13.0. The fraction of sp³-hybridized carbons (Fsp3) is 0.467. The van der Waals surface area contributed by atoms with Gasteiger partial charge >= 0.3 is 0 Å². The number of aliphatic hydroxyl groups excluding tert-OH is 1. The van der Waals surface area contributed by atoms with Gasteiger partial charge in [0, 0.05) is 8.95 Å². The Balaban J connectivity index is 2.20. The largest absolute Gasteiger partial charge is 0.384 e. The molecule has 1 atom stereocenters. The lowest BCUT2D eigenvalue weighted by Crippen LogP contribution is -2.04. The first-order valence-electron chi connectivity index (χ1n) is 6.50. The van der Waals surface area contributed by atoms with Crippen LogP contribution >= 0.6 is 31.9 Å². The summed E-state index contributed by atoms with van der Waals surface area (Å²) >= 11 is 6.97. The Labute approximate surface area is 126 Å². The standard InChI is InChI=1S/C15H18Br2O/c16-12-8-9-13(14(17)10-12)15(18)11-6-4-2-1-3-5-7-11/h6,8-10,15,18H,1-5,7H2/b11-6+. The van der Waals surface area contributed by atoms with Crippen LogP contribution < -0.4 is 0 Å². The van der Waals surface area contributed by atoms with Gasteiger partial charge in [-0.1, -0.05) is 56.8 Å². The van der Waals surface area contributed by atoms with Crippen molar-refractivity contribution in [1.82, 2.24) is 0 Å². The summed E-state index contributed by atoms with van der Waals surface area (Å²) in [5.41, 5.74) is 2.14. The Hall–Kier alpha value is -0.120. The van der Waals surface area contributed by atoms with Crippen LogP contribution in [0.25, 0.3) is 0 Å². The first kappa shape index (κ1) is 14.3. The molecular formula is C15H18Br2O. The Morgan fingerprint density at radius 3 is 2.61 bits per heavy atom. The van der Waals surface area contributed by atoms with E-state index < -0.39 is 6.10 Å². The fourth-order valence-corrected chi connectivity index (χ4v) is 3.65. The van der Waals surface area contributed by atoms with E-state index in [0.717, 1.165) is 27.4 Å². The topological polar surface area (TPSA) is 20.2 Å². The van der Waals surface area contributed by atoms with Gasteiger partial charge in [-0.2, -0.15) is 0 Å². The van der Waals surface area contributed by atoms with E-state index in [1.165, 1.54) is 31.3 Å². The van der Waals surface area contributed by atoms with Crippen molar-refractivity contribution in [2.45, 2.75) is 44.6 Å². The molecule has 1 nitrogen and oxygen atoms in total. The van der Waals surface area contributed by atoms with Crippen molar-refractivity contribution >= 4 is 31.9 Å². The Bertz CT molecular complexity index is 440. The van der Waals surface area contributed by atoms with Crippen LogP contribution in [0.4, 0.5) is 0 Å². The summed E-state index contributed by atoms with van der Waals surface area (Å²) in [7, 11) is 0. The van der Waals surface area contributed by atoms with E-state index in [0.29, 0.717) is 0 Å². The van der Waals surface area contributed by atoms with Gasteiger partial charge in [-0.05, 0) is 49.0 Å². The minimum atomic E-state index is -0.467. The van der Waals surface area contributed by atoms with Crippen molar-refractivity contribution in [2.24, 2.45) is 0 Å². The Morgan fingerprint density at radius 2 is 1.83 bits per heavy atom. The molecular weight excluding hydrogens is 356 g/mol. The van der Waals surface area contributed by atoms with Gasteiger partial charge in [-0.15, -0.1) is 0 Å². The summed E-state index contributed by atoms with van der Waals surface area (Å²) < 4.78 is 1.99. The lowest BCUT2D eigenvalue weighted by molar-refractivity contribution is 0.208. The highest BCUT2D eigenvalue weighted by Gasteiger charge is 2.16. The molecule has 1 N–H and O–H groups in total. The van der Waals surface area contributed by atoms with Crippen molar-refractivity contribution in [3.63, 3.8) is 0 Å².